The maximum absolute atomic E-state index is 5.89. The first-order valence-electron chi connectivity index (χ1n) is 5.83. The molecule has 0 bridgehead atoms. The third kappa shape index (κ3) is 2.08. The van der Waals surface area contributed by atoms with Crippen LogP contribution in [0.15, 0.2) is 36.8 Å². The molecule has 1 aromatic carbocycles. The van der Waals surface area contributed by atoms with Crippen molar-refractivity contribution in [1.82, 2.24) is 19.7 Å². The summed E-state index contributed by atoms with van der Waals surface area (Å²) in [7, 11) is 1.60. The van der Waals surface area contributed by atoms with Crippen LogP contribution in [-0.4, -0.2) is 26.9 Å². The summed E-state index contributed by atoms with van der Waals surface area (Å²) in [6.45, 7) is 0.594. The summed E-state index contributed by atoms with van der Waals surface area (Å²) in [5, 5.41) is 4.28. The second-order valence-corrected chi connectivity index (χ2v) is 4.14. The summed E-state index contributed by atoms with van der Waals surface area (Å²) in [5.74, 6) is 0.675. The van der Waals surface area contributed by atoms with Gasteiger partial charge in [0.1, 0.15) is 11.3 Å². The van der Waals surface area contributed by atoms with E-state index in [1.165, 1.54) is 0 Å². The normalized spacial score (nSPS) is 10.8. The Morgan fingerprint density at radius 1 is 1.26 bits per heavy atom. The zero-order chi connectivity index (χ0) is 13.2. The number of ether oxygens (including phenoxy) is 1. The minimum atomic E-state index is 0.594. The van der Waals surface area contributed by atoms with E-state index < -0.39 is 0 Å². The number of benzene rings is 1. The molecule has 3 aromatic rings. The van der Waals surface area contributed by atoms with Crippen LogP contribution in [0.25, 0.3) is 11.2 Å². The van der Waals surface area contributed by atoms with Crippen molar-refractivity contribution in [2.45, 2.75) is 6.54 Å². The molecule has 2 heterocycles. The molecule has 0 saturated carbocycles. The molecule has 0 aliphatic rings. The third-order valence-corrected chi connectivity index (χ3v) is 2.90. The van der Waals surface area contributed by atoms with Gasteiger partial charge >= 0.3 is 0 Å². The molecule has 0 atom stereocenters. The van der Waals surface area contributed by atoms with Gasteiger partial charge in [0.05, 0.1) is 25.5 Å². The van der Waals surface area contributed by atoms with Crippen LogP contribution in [0.3, 0.4) is 0 Å². The van der Waals surface area contributed by atoms with Gasteiger partial charge in [0, 0.05) is 12.4 Å². The van der Waals surface area contributed by atoms with Gasteiger partial charge in [0.15, 0.2) is 5.65 Å². The van der Waals surface area contributed by atoms with Gasteiger partial charge in [-0.25, -0.2) is 14.6 Å². The Balaban J connectivity index is 1.95. The van der Waals surface area contributed by atoms with Crippen molar-refractivity contribution in [2.24, 2.45) is 0 Å². The molecular weight excluding hydrogens is 242 g/mol. The molecule has 0 radical (unpaired) electrons. The zero-order valence-electron chi connectivity index (χ0n) is 10.4. The molecule has 96 valence electrons. The molecule has 0 amide bonds. The van der Waals surface area contributed by atoms with E-state index in [1.54, 1.807) is 30.4 Å². The van der Waals surface area contributed by atoms with Crippen LogP contribution in [-0.2, 0) is 6.54 Å². The van der Waals surface area contributed by atoms with E-state index in [4.69, 9.17) is 10.5 Å². The van der Waals surface area contributed by atoms with Crippen LogP contribution in [0.1, 0.15) is 5.56 Å². The molecular formula is C13H13N5O. The van der Waals surface area contributed by atoms with Gasteiger partial charge in [0.25, 0.3) is 0 Å². The van der Waals surface area contributed by atoms with E-state index in [0.717, 1.165) is 16.7 Å². The van der Waals surface area contributed by atoms with Gasteiger partial charge in [-0.2, -0.15) is 5.10 Å². The summed E-state index contributed by atoms with van der Waals surface area (Å²) in [5.41, 5.74) is 9.08. The maximum Gasteiger partial charge on any atom is 0.177 e. The van der Waals surface area contributed by atoms with Crippen molar-refractivity contribution in [3.63, 3.8) is 0 Å². The molecule has 3 rings (SSSR count). The van der Waals surface area contributed by atoms with Crippen LogP contribution in [0.2, 0.25) is 0 Å². The number of methoxy groups -OCH3 is 1. The van der Waals surface area contributed by atoms with Gasteiger partial charge < -0.3 is 10.5 Å². The van der Waals surface area contributed by atoms with E-state index in [9.17, 15) is 0 Å². The zero-order valence-corrected chi connectivity index (χ0v) is 10.4. The van der Waals surface area contributed by atoms with Crippen LogP contribution >= 0.6 is 0 Å². The van der Waals surface area contributed by atoms with Crippen molar-refractivity contribution in [3.8, 4) is 5.75 Å². The van der Waals surface area contributed by atoms with Crippen molar-refractivity contribution < 1.29 is 4.74 Å². The monoisotopic (exact) mass is 255 g/mol. The Morgan fingerprint density at radius 3 is 2.89 bits per heavy atom. The lowest BCUT2D eigenvalue weighted by Crippen LogP contribution is -2.03. The van der Waals surface area contributed by atoms with Gasteiger partial charge in [-0.1, -0.05) is 6.07 Å². The van der Waals surface area contributed by atoms with E-state index >= 15 is 0 Å². The molecule has 0 saturated heterocycles. The molecule has 0 aliphatic carbocycles. The largest absolute Gasteiger partial charge is 0.495 e. The molecule has 19 heavy (non-hydrogen) atoms. The Bertz CT molecular complexity index is 722. The number of anilines is 1. The first-order valence-corrected chi connectivity index (χ1v) is 5.83. The maximum atomic E-state index is 5.89. The lowest BCUT2D eigenvalue weighted by Gasteiger charge is -2.07. The van der Waals surface area contributed by atoms with Gasteiger partial charge in [-0.15, -0.1) is 0 Å². The van der Waals surface area contributed by atoms with Crippen molar-refractivity contribution in [3.05, 3.63) is 42.4 Å². The fraction of sp³-hybridized carbons (Fsp3) is 0.154. The predicted molar refractivity (Wildman–Crippen MR) is 71.8 cm³/mol. The number of nitrogen functional groups attached to an aromatic ring is 1. The van der Waals surface area contributed by atoms with Crippen LogP contribution in [0.4, 0.5) is 5.69 Å². The highest BCUT2D eigenvalue weighted by atomic mass is 16.5. The van der Waals surface area contributed by atoms with E-state index in [0.29, 0.717) is 18.0 Å². The summed E-state index contributed by atoms with van der Waals surface area (Å²) in [6, 6.07) is 5.68. The summed E-state index contributed by atoms with van der Waals surface area (Å²) >= 11 is 0. The average Bonchev–Trinajstić information content (AvgIpc) is 2.83. The SMILES string of the molecule is COc1ccc(Cn2ncc3nccnc32)cc1N. The minimum absolute atomic E-state index is 0.594. The fourth-order valence-electron chi connectivity index (χ4n) is 1.98. The fourth-order valence-corrected chi connectivity index (χ4v) is 1.98. The van der Waals surface area contributed by atoms with Gasteiger partial charge in [-0.05, 0) is 17.7 Å². The van der Waals surface area contributed by atoms with Crippen molar-refractivity contribution >= 4 is 16.9 Å². The standard InChI is InChI=1S/C13H13N5O/c1-19-12-3-2-9(6-10(12)14)8-18-13-11(7-17-18)15-4-5-16-13/h2-7H,8,14H2,1H3. The third-order valence-electron chi connectivity index (χ3n) is 2.90. The van der Waals surface area contributed by atoms with Gasteiger partial charge in [-0.3, -0.25) is 0 Å². The lowest BCUT2D eigenvalue weighted by molar-refractivity contribution is 0.417. The van der Waals surface area contributed by atoms with E-state index in [2.05, 4.69) is 15.1 Å². The second-order valence-electron chi connectivity index (χ2n) is 4.14. The van der Waals surface area contributed by atoms with E-state index in [1.807, 2.05) is 18.2 Å². The Kier molecular flexibility index (Phi) is 2.75. The van der Waals surface area contributed by atoms with Crippen LogP contribution in [0, 0.1) is 0 Å². The topological polar surface area (TPSA) is 78.8 Å². The molecule has 0 unspecified atom stereocenters. The molecule has 0 fully saturated rings. The number of rotatable bonds is 3. The highest BCUT2D eigenvalue weighted by Gasteiger charge is 2.06. The van der Waals surface area contributed by atoms with Crippen molar-refractivity contribution in [2.75, 3.05) is 12.8 Å². The number of hydrogen-bond donors (Lipinski definition) is 1. The Morgan fingerprint density at radius 2 is 2.11 bits per heavy atom. The van der Waals surface area contributed by atoms with Crippen LogP contribution < -0.4 is 10.5 Å². The number of hydrogen-bond acceptors (Lipinski definition) is 5. The van der Waals surface area contributed by atoms with Gasteiger partial charge in [0.2, 0.25) is 0 Å². The first kappa shape index (κ1) is 11.5. The second kappa shape index (κ2) is 4.56. The summed E-state index contributed by atoms with van der Waals surface area (Å²) in [4.78, 5) is 8.47. The predicted octanol–water partition coefficient (Wildman–Crippen LogP) is 1.47. The summed E-state index contributed by atoms with van der Waals surface area (Å²) < 4.78 is 6.93. The molecule has 6 heteroatoms. The summed E-state index contributed by atoms with van der Waals surface area (Å²) in [6.07, 6.45) is 5.01. The Hall–Kier alpha value is -2.63. The number of nitrogens with zero attached hydrogens (tertiary/aromatic N) is 4. The average molecular weight is 255 g/mol. The smallest absolute Gasteiger partial charge is 0.177 e. The highest BCUT2D eigenvalue weighted by Crippen LogP contribution is 2.22. The lowest BCUT2D eigenvalue weighted by atomic mass is 10.2. The molecule has 2 N–H and O–H groups in total. The Labute approximate surface area is 109 Å². The molecule has 0 aliphatic heterocycles. The number of aromatic nitrogens is 4. The quantitative estimate of drug-likeness (QED) is 0.717. The van der Waals surface area contributed by atoms with Crippen LogP contribution in [0.5, 0.6) is 5.75 Å². The molecule has 6 nitrogen and oxygen atoms in total. The molecule has 0 spiro atoms. The highest BCUT2D eigenvalue weighted by molar-refractivity contribution is 5.68. The minimum Gasteiger partial charge on any atom is -0.495 e. The van der Waals surface area contributed by atoms with E-state index in [-0.39, 0.29) is 0 Å². The molecule has 2 aromatic heterocycles. The first-order chi connectivity index (χ1) is 9.28. The number of fused-ring (bicyclic) bond motifs is 1. The number of nitrogens with two attached hydrogens (primary N) is 1. The van der Waals surface area contributed by atoms with Crippen molar-refractivity contribution in [1.29, 1.82) is 0 Å².